The molecule has 0 bridgehead atoms. The largest absolute Gasteiger partial charge is 0.416 e. The Labute approximate surface area is 152 Å². The lowest BCUT2D eigenvalue weighted by molar-refractivity contribution is -0.151. The summed E-state index contributed by atoms with van der Waals surface area (Å²) in [6.07, 6.45) is -1.48. The first-order chi connectivity index (χ1) is 12.1. The molecule has 1 aromatic carbocycles. The first kappa shape index (κ1) is 19.2. The summed E-state index contributed by atoms with van der Waals surface area (Å²) in [5.41, 5.74) is -0.195. The molecule has 0 unspecified atom stereocenters. The lowest BCUT2D eigenvalue weighted by atomic mass is 9.71. The minimum Gasteiger partial charge on any atom is -0.390 e. The zero-order chi connectivity index (χ0) is 19.1. The zero-order valence-electron chi connectivity index (χ0n) is 15.3. The molecule has 0 radical (unpaired) electrons. The average molecular weight is 369 g/mol. The van der Waals surface area contributed by atoms with Crippen LogP contribution >= 0.6 is 0 Å². The van der Waals surface area contributed by atoms with E-state index in [4.69, 9.17) is 0 Å². The van der Waals surface area contributed by atoms with Crippen LogP contribution in [0.1, 0.15) is 49.3 Å². The molecule has 1 heterocycles. The lowest BCUT2D eigenvalue weighted by Crippen LogP contribution is -2.51. The van der Waals surface area contributed by atoms with Crippen LogP contribution in [0.2, 0.25) is 0 Å². The number of amides is 1. The molecule has 1 N–H and O–H groups in total. The minimum absolute atomic E-state index is 0.0850. The number of piperidine rings is 1. The quantitative estimate of drug-likeness (QED) is 0.876. The van der Waals surface area contributed by atoms with E-state index in [0.29, 0.717) is 43.5 Å². The summed E-state index contributed by atoms with van der Waals surface area (Å²) in [5.74, 6) is 0.141. The number of alkyl halides is 3. The average Bonchev–Trinajstić information content (AvgIpc) is 2.53. The summed E-state index contributed by atoms with van der Waals surface area (Å²) >= 11 is 0. The van der Waals surface area contributed by atoms with Crippen molar-refractivity contribution < 1.29 is 23.1 Å². The van der Waals surface area contributed by atoms with Crippen LogP contribution in [0, 0.1) is 18.8 Å². The fourth-order valence-corrected chi connectivity index (χ4v) is 4.32. The van der Waals surface area contributed by atoms with Gasteiger partial charge in [0.05, 0.1) is 11.2 Å². The van der Waals surface area contributed by atoms with E-state index in [9.17, 15) is 23.1 Å². The SMILES string of the molecule is Cc1cccc(C(F)(F)F)c1CC1CCN(C(=O)C2CC(C)(O)C2)CC1. The van der Waals surface area contributed by atoms with Gasteiger partial charge in [0.25, 0.3) is 0 Å². The number of carbonyl (C=O) groups is 1. The second-order valence-corrected chi connectivity index (χ2v) is 8.17. The van der Waals surface area contributed by atoms with E-state index >= 15 is 0 Å². The molecule has 3 nitrogen and oxygen atoms in total. The Balaban J connectivity index is 1.59. The van der Waals surface area contributed by atoms with E-state index in [1.165, 1.54) is 6.07 Å². The molecule has 0 spiro atoms. The third-order valence-corrected chi connectivity index (χ3v) is 5.86. The smallest absolute Gasteiger partial charge is 0.390 e. The van der Waals surface area contributed by atoms with Crippen LogP contribution in [0.5, 0.6) is 0 Å². The summed E-state index contributed by atoms with van der Waals surface area (Å²) in [7, 11) is 0. The molecule has 2 aliphatic rings. The van der Waals surface area contributed by atoms with Crippen LogP contribution in [-0.2, 0) is 17.4 Å². The van der Waals surface area contributed by atoms with E-state index in [2.05, 4.69) is 0 Å². The summed E-state index contributed by atoms with van der Waals surface area (Å²) in [6, 6.07) is 4.34. The van der Waals surface area contributed by atoms with Crippen molar-refractivity contribution in [2.24, 2.45) is 11.8 Å². The second-order valence-electron chi connectivity index (χ2n) is 8.17. The van der Waals surface area contributed by atoms with E-state index in [1.807, 2.05) is 4.90 Å². The molecular formula is C20H26F3NO2. The van der Waals surface area contributed by atoms with E-state index < -0.39 is 17.3 Å². The standard InChI is InChI=1S/C20H26F3NO2/c1-13-4-3-5-17(20(21,22)23)16(13)10-14-6-8-24(9-7-14)18(25)15-11-19(2,26)12-15/h3-5,14-15,26H,6-12H2,1-2H3. The van der Waals surface area contributed by atoms with Gasteiger partial charge in [-0.2, -0.15) is 13.2 Å². The van der Waals surface area contributed by atoms with Gasteiger partial charge in [0.15, 0.2) is 0 Å². The van der Waals surface area contributed by atoms with Crippen LogP contribution in [0.3, 0.4) is 0 Å². The fraction of sp³-hybridized carbons (Fsp3) is 0.650. The van der Waals surface area contributed by atoms with Crippen LogP contribution in [0.15, 0.2) is 18.2 Å². The van der Waals surface area contributed by atoms with Gasteiger partial charge in [-0.3, -0.25) is 4.79 Å². The van der Waals surface area contributed by atoms with Crippen LogP contribution in [-0.4, -0.2) is 34.6 Å². The van der Waals surface area contributed by atoms with Crippen LogP contribution in [0.4, 0.5) is 13.2 Å². The van der Waals surface area contributed by atoms with Crippen molar-refractivity contribution in [3.05, 3.63) is 34.9 Å². The molecule has 1 amide bonds. The molecule has 1 saturated heterocycles. The van der Waals surface area contributed by atoms with E-state index in [-0.39, 0.29) is 17.7 Å². The third kappa shape index (κ3) is 4.05. The first-order valence-electron chi connectivity index (χ1n) is 9.24. The van der Waals surface area contributed by atoms with Gasteiger partial charge < -0.3 is 10.0 Å². The van der Waals surface area contributed by atoms with Crippen molar-refractivity contribution in [2.45, 2.75) is 57.7 Å². The van der Waals surface area contributed by atoms with Gasteiger partial charge >= 0.3 is 6.18 Å². The van der Waals surface area contributed by atoms with Crippen molar-refractivity contribution in [1.82, 2.24) is 4.90 Å². The summed E-state index contributed by atoms with van der Waals surface area (Å²) in [6.45, 7) is 4.65. The summed E-state index contributed by atoms with van der Waals surface area (Å²) in [5, 5.41) is 9.79. The fourth-order valence-electron chi connectivity index (χ4n) is 4.32. The maximum absolute atomic E-state index is 13.3. The Morgan fingerprint density at radius 3 is 2.42 bits per heavy atom. The highest BCUT2D eigenvalue weighted by Crippen LogP contribution is 2.39. The normalized spacial score (nSPS) is 27.3. The van der Waals surface area contributed by atoms with E-state index in [1.54, 1.807) is 19.9 Å². The number of carbonyl (C=O) groups excluding carboxylic acids is 1. The zero-order valence-corrected chi connectivity index (χ0v) is 15.3. The van der Waals surface area contributed by atoms with Gasteiger partial charge in [-0.25, -0.2) is 0 Å². The summed E-state index contributed by atoms with van der Waals surface area (Å²) in [4.78, 5) is 14.3. The molecule has 1 aromatic rings. The van der Waals surface area contributed by atoms with Gasteiger partial charge in [0.1, 0.15) is 0 Å². The van der Waals surface area contributed by atoms with Crippen molar-refractivity contribution in [3.8, 4) is 0 Å². The number of halogens is 3. The topological polar surface area (TPSA) is 40.5 Å². The number of rotatable bonds is 3. The maximum Gasteiger partial charge on any atom is 0.416 e. The van der Waals surface area contributed by atoms with Gasteiger partial charge in [-0.05, 0) is 69.1 Å². The Morgan fingerprint density at radius 1 is 1.27 bits per heavy atom. The Bertz CT molecular complexity index is 668. The lowest BCUT2D eigenvalue weighted by Gasteiger charge is -2.43. The molecule has 1 aliphatic heterocycles. The van der Waals surface area contributed by atoms with Crippen LogP contribution < -0.4 is 0 Å². The molecule has 6 heteroatoms. The molecule has 1 saturated carbocycles. The Kier molecular flexibility index (Phi) is 5.08. The molecule has 2 fully saturated rings. The number of hydrogen-bond acceptors (Lipinski definition) is 2. The number of benzene rings is 1. The van der Waals surface area contributed by atoms with Crippen molar-refractivity contribution >= 4 is 5.91 Å². The molecule has 26 heavy (non-hydrogen) atoms. The molecular weight excluding hydrogens is 343 g/mol. The van der Waals surface area contributed by atoms with Crippen molar-refractivity contribution in [2.75, 3.05) is 13.1 Å². The summed E-state index contributed by atoms with van der Waals surface area (Å²) < 4.78 is 39.8. The highest BCUT2D eigenvalue weighted by atomic mass is 19.4. The van der Waals surface area contributed by atoms with Gasteiger partial charge in [-0.15, -0.1) is 0 Å². The molecule has 0 aromatic heterocycles. The predicted octanol–water partition coefficient (Wildman–Crippen LogP) is 3.96. The minimum atomic E-state index is -4.33. The number of likely N-dealkylation sites (tertiary alicyclic amines) is 1. The third-order valence-electron chi connectivity index (χ3n) is 5.86. The molecule has 144 valence electrons. The van der Waals surface area contributed by atoms with Gasteiger partial charge in [0, 0.05) is 19.0 Å². The number of aliphatic hydroxyl groups is 1. The Hall–Kier alpha value is -1.56. The number of nitrogens with zero attached hydrogens (tertiary/aromatic N) is 1. The van der Waals surface area contributed by atoms with Crippen molar-refractivity contribution in [1.29, 1.82) is 0 Å². The van der Waals surface area contributed by atoms with E-state index in [0.717, 1.165) is 18.9 Å². The molecule has 3 rings (SSSR count). The number of aryl methyl sites for hydroxylation is 1. The predicted molar refractivity (Wildman–Crippen MR) is 92.5 cm³/mol. The molecule has 1 aliphatic carbocycles. The molecule has 0 atom stereocenters. The Morgan fingerprint density at radius 2 is 1.88 bits per heavy atom. The first-order valence-corrected chi connectivity index (χ1v) is 9.24. The maximum atomic E-state index is 13.3. The second kappa shape index (κ2) is 6.87. The van der Waals surface area contributed by atoms with Crippen LogP contribution in [0.25, 0.3) is 0 Å². The highest BCUT2D eigenvalue weighted by molar-refractivity contribution is 5.80. The van der Waals surface area contributed by atoms with Crippen molar-refractivity contribution in [3.63, 3.8) is 0 Å². The van der Waals surface area contributed by atoms with Gasteiger partial charge in [0.2, 0.25) is 5.91 Å². The van der Waals surface area contributed by atoms with Gasteiger partial charge in [-0.1, -0.05) is 12.1 Å². The monoisotopic (exact) mass is 369 g/mol. The number of hydrogen-bond donors (Lipinski definition) is 1. The highest BCUT2D eigenvalue weighted by Gasteiger charge is 2.44.